The van der Waals surface area contributed by atoms with E-state index in [1.54, 1.807) is 12.1 Å². The summed E-state index contributed by atoms with van der Waals surface area (Å²) in [5.41, 5.74) is 0. The summed E-state index contributed by atoms with van der Waals surface area (Å²) in [5, 5.41) is 8.29. The smallest absolute Gasteiger partial charge is 0.371 e. The molecule has 0 aliphatic heterocycles. The first-order valence-electron chi connectivity index (χ1n) is 5.34. The highest BCUT2D eigenvalue weighted by Gasteiger charge is 2.26. The Bertz CT molecular complexity index is 732. The number of halogens is 1. The van der Waals surface area contributed by atoms with Gasteiger partial charge in [-0.2, -0.15) is 4.31 Å². The summed E-state index contributed by atoms with van der Waals surface area (Å²) in [6.45, 7) is -0.00294. The molecule has 2 rings (SSSR count). The fourth-order valence-electron chi connectivity index (χ4n) is 1.47. The summed E-state index contributed by atoms with van der Waals surface area (Å²) < 4.78 is 35.8. The van der Waals surface area contributed by atoms with E-state index in [-0.39, 0.29) is 6.54 Å². The second-order valence-electron chi connectivity index (χ2n) is 3.89. The maximum absolute atomic E-state index is 12.2. The minimum Gasteiger partial charge on any atom is -0.475 e. The van der Waals surface area contributed by atoms with Gasteiger partial charge < -0.3 is 13.9 Å². The van der Waals surface area contributed by atoms with Crippen molar-refractivity contribution in [3.63, 3.8) is 0 Å². The number of aromatic carboxylic acids is 1. The Labute approximate surface area is 123 Å². The molecule has 0 fully saturated rings. The van der Waals surface area contributed by atoms with Crippen LogP contribution in [-0.4, -0.2) is 30.8 Å². The van der Waals surface area contributed by atoms with Gasteiger partial charge in [-0.15, -0.1) is 0 Å². The van der Waals surface area contributed by atoms with Crippen LogP contribution < -0.4 is 0 Å². The number of carbonyl (C=O) groups is 1. The number of nitrogens with zero attached hydrogens (tertiary/aromatic N) is 1. The maximum atomic E-state index is 12.2. The molecule has 2 aromatic rings. The molecule has 0 radical (unpaired) electrons. The number of hydrogen-bond acceptors (Lipinski definition) is 5. The van der Waals surface area contributed by atoms with Crippen LogP contribution in [0, 0.1) is 0 Å². The van der Waals surface area contributed by atoms with Crippen molar-refractivity contribution >= 4 is 31.9 Å². The lowest BCUT2D eigenvalue weighted by atomic mass is 10.4. The third-order valence-corrected chi connectivity index (χ3v) is 4.57. The monoisotopic (exact) mass is 363 g/mol. The summed E-state index contributed by atoms with van der Waals surface area (Å²) >= 11 is 3.12. The highest BCUT2D eigenvalue weighted by Crippen LogP contribution is 2.21. The van der Waals surface area contributed by atoms with Gasteiger partial charge in [0, 0.05) is 7.05 Å². The lowest BCUT2D eigenvalue weighted by Gasteiger charge is -2.13. The fraction of sp³-hybridized carbons (Fsp3) is 0.182. The lowest BCUT2D eigenvalue weighted by molar-refractivity contribution is 0.0656. The van der Waals surface area contributed by atoms with Crippen LogP contribution in [0.25, 0.3) is 0 Å². The molecule has 7 nitrogen and oxygen atoms in total. The number of carboxylic acids is 1. The fourth-order valence-corrected chi connectivity index (χ4v) is 2.85. The van der Waals surface area contributed by atoms with Gasteiger partial charge in [-0.3, -0.25) is 0 Å². The first kappa shape index (κ1) is 14.8. The van der Waals surface area contributed by atoms with E-state index in [1.165, 1.54) is 7.05 Å². The summed E-state index contributed by atoms with van der Waals surface area (Å²) in [4.78, 5) is 10.7. The van der Waals surface area contributed by atoms with Gasteiger partial charge in [-0.1, -0.05) is 0 Å². The molecule has 0 saturated heterocycles. The Morgan fingerprint density at radius 2 is 2.00 bits per heavy atom. The quantitative estimate of drug-likeness (QED) is 0.873. The number of rotatable bonds is 5. The van der Waals surface area contributed by atoms with E-state index in [0.717, 1.165) is 16.4 Å². The molecule has 0 unspecified atom stereocenters. The minimum absolute atomic E-state index is 0.00294. The molecule has 0 atom stereocenters. The van der Waals surface area contributed by atoms with Crippen LogP contribution in [0.1, 0.15) is 16.3 Å². The van der Waals surface area contributed by atoms with Gasteiger partial charge in [0.15, 0.2) is 4.67 Å². The van der Waals surface area contributed by atoms with Crippen molar-refractivity contribution in [3.8, 4) is 0 Å². The highest BCUT2D eigenvalue weighted by atomic mass is 79.9. The van der Waals surface area contributed by atoms with Crippen LogP contribution in [0.2, 0.25) is 0 Å². The molecule has 20 heavy (non-hydrogen) atoms. The third kappa shape index (κ3) is 2.94. The maximum Gasteiger partial charge on any atom is 0.371 e. The zero-order valence-electron chi connectivity index (χ0n) is 10.2. The van der Waals surface area contributed by atoms with Crippen LogP contribution in [-0.2, 0) is 16.6 Å². The van der Waals surface area contributed by atoms with E-state index in [4.69, 9.17) is 13.9 Å². The number of furan rings is 2. The molecular weight excluding hydrogens is 354 g/mol. The molecule has 9 heteroatoms. The third-order valence-electron chi connectivity index (χ3n) is 2.46. The second kappa shape index (κ2) is 5.43. The number of hydrogen-bond donors (Lipinski definition) is 1. The van der Waals surface area contributed by atoms with E-state index in [2.05, 4.69) is 15.9 Å². The van der Waals surface area contributed by atoms with Crippen molar-refractivity contribution in [1.82, 2.24) is 4.31 Å². The van der Waals surface area contributed by atoms with Crippen molar-refractivity contribution in [2.45, 2.75) is 11.6 Å². The van der Waals surface area contributed by atoms with Crippen LogP contribution >= 0.6 is 15.9 Å². The molecule has 0 saturated carbocycles. The molecule has 108 valence electrons. The van der Waals surface area contributed by atoms with E-state index in [9.17, 15) is 13.2 Å². The van der Waals surface area contributed by atoms with E-state index in [1.807, 2.05) is 0 Å². The van der Waals surface area contributed by atoms with Gasteiger partial charge >= 0.3 is 5.97 Å². The summed E-state index contributed by atoms with van der Waals surface area (Å²) in [5.74, 6) is -1.32. The van der Waals surface area contributed by atoms with Crippen LogP contribution in [0.3, 0.4) is 0 Å². The van der Waals surface area contributed by atoms with Crippen molar-refractivity contribution in [2.75, 3.05) is 7.05 Å². The molecule has 2 heterocycles. The highest BCUT2D eigenvalue weighted by molar-refractivity contribution is 9.10. The van der Waals surface area contributed by atoms with Gasteiger partial charge in [-0.25, -0.2) is 13.2 Å². The molecule has 1 N–H and O–H groups in total. The molecule has 2 aromatic heterocycles. The van der Waals surface area contributed by atoms with E-state index in [0.29, 0.717) is 10.4 Å². The molecule has 0 spiro atoms. The van der Waals surface area contributed by atoms with Gasteiger partial charge in [0.1, 0.15) is 5.76 Å². The SMILES string of the molecule is CN(Cc1ccc(Br)o1)S(=O)(=O)c1ccc(C(=O)O)o1. The van der Waals surface area contributed by atoms with Crippen molar-refractivity contribution in [2.24, 2.45) is 0 Å². The predicted molar refractivity (Wildman–Crippen MR) is 70.7 cm³/mol. The zero-order chi connectivity index (χ0) is 14.9. The van der Waals surface area contributed by atoms with Crippen LogP contribution in [0.4, 0.5) is 0 Å². The van der Waals surface area contributed by atoms with Crippen molar-refractivity contribution in [3.05, 3.63) is 40.5 Å². The van der Waals surface area contributed by atoms with Gasteiger partial charge in [-0.05, 0) is 40.2 Å². The predicted octanol–water partition coefficient (Wildman–Crippen LogP) is 2.15. The van der Waals surface area contributed by atoms with E-state index >= 15 is 0 Å². The van der Waals surface area contributed by atoms with Crippen LogP contribution in [0.5, 0.6) is 0 Å². The average Bonchev–Trinajstić information content (AvgIpc) is 2.98. The lowest BCUT2D eigenvalue weighted by Crippen LogP contribution is -2.26. The standard InChI is InChI=1S/C11H10BrNO6S/c1-13(6-7-2-4-9(12)18-7)20(16,17)10-5-3-8(19-10)11(14)15/h2-5H,6H2,1H3,(H,14,15). The zero-order valence-corrected chi connectivity index (χ0v) is 12.6. The normalized spacial score (nSPS) is 11.9. The van der Waals surface area contributed by atoms with Crippen molar-refractivity contribution in [1.29, 1.82) is 0 Å². The molecule has 0 aromatic carbocycles. The molecular formula is C11H10BrNO6S. The Balaban J connectivity index is 2.22. The first-order valence-corrected chi connectivity index (χ1v) is 7.57. The Hall–Kier alpha value is -1.58. The number of carboxylic acid groups (broad SMARTS) is 1. The topological polar surface area (TPSA) is 101 Å². The molecule has 0 aliphatic rings. The van der Waals surface area contributed by atoms with Gasteiger partial charge in [0.05, 0.1) is 6.54 Å². The second-order valence-corrected chi connectivity index (χ2v) is 6.65. The Kier molecular flexibility index (Phi) is 4.02. The molecule has 0 bridgehead atoms. The Morgan fingerprint density at radius 1 is 1.30 bits per heavy atom. The summed E-state index contributed by atoms with van der Waals surface area (Å²) in [6, 6.07) is 5.46. The average molecular weight is 364 g/mol. The molecule has 0 amide bonds. The largest absolute Gasteiger partial charge is 0.475 e. The van der Waals surface area contributed by atoms with Crippen LogP contribution in [0.15, 0.2) is 42.9 Å². The van der Waals surface area contributed by atoms with Crippen molar-refractivity contribution < 1.29 is 27.2 Å². The number of sulfonamides is 1. The summed E-state index contributed by atoms with van der Waals surface area (Å²) in [7, 11) is -2.57. The first-order chi connectivity index (χ1) is 9.30. The Morgan fingerprint density at radius 3 is 2.50 bits per heavy atom. The summed E-state index contributed by atoms with van der Waals surface area (Å²) in [6.07, 6.45) is 0. The minimum atomic E-state index is -3.91. The van der Waals surface area contributed by atoms with Gasteiger partial charge in [0.25, 0.3) is 10.0 Å². The van der Waals surface area contributed by atoms with E-state index < -0.39 is 26.8 Å². The van der Waals surface area contributed by atoms with Gasteiger partial charge in [0.2, 0.25) is 10.9 Å². The molecule has 0 aliphatic carbocycles.